The number of pyridine rings is 1. The number of hydrogen-bond acceptors (Lipinski definition) is 9. The first-order chi connectivity index (χ1) is 21.0. The second-order valence-corrected chi connectivity index (χ2v) is 14.1. The van der Waals surface area contributed by atoms with Crippen LogP contribution in [0.3, 0.4) is 0 Å². The van der Waals surface area contributed by atoms with Gasteiger partial charge in [0.25, 0.3) is 11.8 Å². The smallest absolute Gasteiger partial charge is 0.408 e. The number of sulfonamides is 1. The van der Waals surface area contributed by atoms with Gasteiger partial charge < -0.3 is 15.3 Å². The van der Waals surface area contributed by atoms with Crippen LogP contribution in [0.2, 0.25) is 0 Å². The number of anilines is 3. The van der Waals surface area contributed by atoms with E-state index in [-0.39, 0.29) is 35.4 Å². The molecule has 2 aromatic heterocycles. The molecule has 3 amide bonds. The lowest BCUT2D eigenvalue weighted by Gasteiger charge is -2.36. The Labute approximate surface area is 259 Å². The summed E-state index contributed by atoms with van der Waals surface area (Å²) in [6.45, 7) is 4.70. The maximum Gasteiger partial charge on any atom is 0.408 e. The molecular formula is C29H33N7O6S2. The minimum atomic E-state index is -3.92. The molecule has 3 aromatic rings. The molecule has 2 aliphatic heterocycles. The van der Waals surface area contributed by atoms with E-state index in [1.807, 2.05) is 13.0 Å². The van der Waals surface area contributed by atoms with Gasteiger partial charge in [-0.3, -0.25) is 19.4 Å². The van der Waals surface area contributed by atoms with Crippen molar-refractivity contribution >= 4 is 56.0 Å². The Kier molecular flexibility index (Phi) is 7.80. The molecule has 4 heterocycles. The number of carboxylic acid groups (broad SMARTS) is 1. The zero-order chi connectivity index (χ0) is 31.3. The SMILES string of the molecule is CNS(=O)(=O)c1cc(-c2sc(Nc3cccc(N4CCN(C(=O)O)[C@H](C)C4=O)n3)nc2C)cc2c1C(=O)N(CCC1CC1)C2. The maximum atomic E-state index is 13.3. The van der Waals surface area contributed by atoms with Crippen molar-refractivity contribution in [2.75, 3.05) is 36.9 Å². The molecule has 1 atom stereocenters. The fourth-order valence-electron chi connectivity index (χ4n) is 5.68. The predicted octanol–water partition coefficient (Wildman–Crippen LogP) is 3.64. The van der Waals surface area contributed by atoms with Gasteiger partial charge in [-0.25, -0.2) is 27.9 Å². The molecule has 0 spiro atoms. The van der Waals surface area contributed by atoms with E-state index in [9.17, 15) is 27.9 Å². The lowest BCUT2D eigenvalue weighted by atomic mass is 10.0. The molecule has 1 saturated carbocycles. The van der Waals surface area contributed by atoms with Crippen LogP contribution in [0.25, 0.3) is 10.4 Å². The first-order valence-corrected chi connectivity index (χ1v) is 16.7. The predicted molar refractivity (Wildman–Crippen MR) is 165 cm³/mol. The summed E-state index contributed by atoms with van der Waals surface area (Å²) >= 11 is 1.32. The zero-order valence-electron chi connectivity index (χ0n) is 24.5. The Bertz CT molecular complexity index is 1770. The highest BCUT2D eigenvalue weighted by molar-refractivity contribution is 7.89. The molecule has 6 rings (SSSR count). The second kappa shape index (κ2) is 11.4. The van der Waals surface area contributed by atoms with Crippen molar-refractivity contribution in [2.45, 2.75) is 50.6 Å². The third-order valence-electron chi connectivity index (χ3n) is 8.31. The van der Waals surface area contributed by atoms with Gasteiger partial charge in [0.1, 0.15) is 17.7 Å². The Morgan fingerprint density at radius 1 is 1.16 bits per heavy atom. The van der Waals surface area contributed by atoms with Crippen LogP contribution >= 0.6 is 11.3 Å². The van der Waals surface area contributed by atoms with Gasteiger partial charge in [-0.2, -0.15) is 0 Å². The molecule has 2 fully saturated rings. The number of aromatic nitrogens is 2. The van der Waals surface area contributed by atoms with Crippen LogP contribution in [0.4, 0.5) is 21.6 Å². The first-order valence-electron chi connectivity index (χ1n) is 14.4. The molecule has 0 unspecified atom stereocenters. The van der Waals surface area contributed by atoms with E-state index < -0.39 is 22.2 Å². The number of rotatable bonds is 9. The van der Waals surface area contributed by atoms with Gasteiger partial charge in [0.2, 0.25) is 10.0 Å². The number of fused-ring (bicyclic) bond motifs is 1. The molecule has 13 nitrogen and oxygen atoms in total. The Morgan fingerprint density at radius 2 is 1.93 bits per heavy atom. The summed E-state index contributed by atoms with van der Waals surface area (Å²) in [6.07, 6.45) is 2.14. The van der Waals surface area contributed by atoms with Gasteiger partial charge in [0, 0.05) is 26.2 Å². The summed E-state index contributed by atoms with van der Waals surface area (Å²) < 4.78 is 28.5. The van der Waals surface area contributed by atoms with Crippen molar-refractivity contribution in [3.05, 3.63) is 47.2 Å². The van der Waals surface area contributed by atoms with E-state index in [2.05, 4.69) is 20.0 Å². The number of aryl methyl sites for hydroxylation is 1. The zero-order valence-corrected chi connectivity index (χ0v) is 26.2. The van der Waals surface area contributed by atoms with Crippen molar-refractivity contribution in [1.29, 1.82) is 0 Å². The van der Waals surface area contributed by atoms with Crippen molar-refractivity contribution in [3.63, 3.8) is 0 Å². The van der Waals surface area contributed by atoms with Crippen LogP contribution < -0.4 is 14.9 Å². The molecular weight excluding hydrogens is 606 g/mol. The van der Waals surface area contributed by atoms with Gasteiger partial charge in [-0.05, 0) is 68.6 Å². The molecule has 1 saturated heterocycles. The summed E-state index contributed by atoms with van der Waals surface area (Å²) in [7, 11) is -2.59. The fraction of sp³-hybridized carbons (Fsp3) is 0.414. The Hall–Kier alpha value is -4.08. The van der Waals surface area contributed by atoms with Crippen LogP contribution in [-0.4, -0.2) is 83.9 Å². The lowest BCUT2D eigenvalue weighted by molar-refractivity contribution is -0.124. The Morgan fingerprint density at radius 3 is 2.64 bits per heavy atom. The first kappa shape index (κ1) is 30.0. The average molecular weight is 640 g/mol. The van der Waals surface area contributed by atoms with Crippen LogP contribution in [0, 0.1) is 12.8 Å². The molecule has 1 aromatic carbocycles. The third-order valence-corrected chi connectivity index (χ3v) is 10.9. The van der Waals surface area contributed by atoms with Gasteiger partial charge in [-0.1, -0.05) is 30.2 Å². The van der Waals surface area contributed by atoms with Gasteiger partial charge in [-0.15, -0.1) is 0 Å². The quantitative estimate of drug-likeness (QED) is 0.317. The van der Waals surface area contributed by atoms with Crippen molar-refractivity contribution < 1.29 is 27.9 Å². The molecule has 1 aliphatic carbocycles. The highest BCUT2D eigenvalue weighted by atomic mass is 32.2. The van der Waals surface area contributed by atoms with Crippen LogP contribution in [0.5, 0.6) is 0 Å². The maximum absolute atomic E-state index is 13.3. The van der Waals surface area contributed by atoms with E-state index >= 15 is 0 Å². The third kappa shape index (κ3) is 5.62. The minimum absolute atomic E-state index is 0.0370. The number of hydrogen-bond donors (Lipinski definition) is 3. The summed E-state index contributed by atoms with van der Waals surface area (Å²) in [5.74, 6) is 0.863. The number of carbonyl (C=O) groups excluding carboxylic acids is 2. The number of piperazine rings is 1. The van der Waals surface area contributed by atoms with Crippen LogP contribution in [-0.2, 0) is 21.4 Å². The Balaban J connectivity index is 1.27. The summed E-state index contributed by atoms with van der Waals surface area (Å²) in [4.78, 5) is 51.9. The van der Waals surface area contributed by atoms with E-state index in [4.69, 9.17) is 0 Å². The van der Waals surface area contributed by atoms with E-state index in [1.54, 1.807) is 36.1 Å². The molecule has 15 heteroatoms. The van der Waals surface area contributed by atoms with E-state index in [0.29, 0.717) is 52.6 Å². The number of amides is 3. The molecule has 232 valence electrons. The van der Waals surface area contributed by atoms with Crippen molar-refractivity contribution in [2.24, 2.45) is 5.92 Å². The normalized spacial score (nSPS) is 18.6. The minimum Gasteiger partial charge on any atom is -0.465 e. The summed E-state index contributed by atoms with van der Waals surface area (Å²) in [5, 5.41) is 13.0. The number of nitrogens with one attached hydrogen (secondary N) is 2. The standard InChI is InChI=1S/C29H33N7O6S2/c1-16-25(19-13-20-15-34(10-9-18-7-8-18)27(38)24(20)21(14-19)44(41,42)30-3)43-28(31-16)33-22-5-4-6-23(32-22)36-12-11-35(29(39)40)17(2)26(36)37/h4-6,13-14,17-18,30H,7-12,15H2,1-3H3,(H,39,40)(H,31,32,33)/t17-/m1/s1. The number of carbonyl (C=O) groups is 3. The number of benzene rings is 1. The monoisotopic (exact) mass is 639 g/mol. The number of nitrogens with zero attached hydrogens (tertiary/aromatic N) is 5. The van der Waals surface area contributed by atoms with Gasteiger partial charge >= 0.3 is 6.09 Å². The summed E-state index contributed by atoms with van der Waals surface area (Å²) in [5.41, 5.74) is 2.23. The van der Waals surface area contributed by atoms with Crippen molar-refractivity contribution in [1.82, 2.24) is 24.5 Å². The van der Waals surface area contributed by atoms with Gasteiger partial charge in [0.05, 0.1) is 21.0 Å². The second-order valence-electron chi connectivity index (χ2n) is 11.3. The molecule has 0 radical (unpaired) electrons. The molecule has 3 N–H and O–H groups in total. The average Bonchev–Trinajstić information content (AvgIpc) is 3.68. The fourth-order valence-corrected chi connectivity index (χ4v) is 7.63. The van der Waals surface area contributed by atoms with E-state index in [0.717, 1.165) is 16.2 Å². The van der Waals surface area contributed by atoms with E-state index in [1.165, 1.54) is 36.1 Å². The van der Waals surface area contributed by atoms with Crippen molar-refractivity contribution in [3.8, 4) is 10.4 Å². The molecule has 44 heavy (non-hydrogen) atoms. The molecule has 0 bridgehead atoms. The van der Waals surface area contributed by atoms with Crippen LogP contribution in [0.1, 0.15) is 47.8 Å². The lowest BCUT2D eigenvalue weighted by Crippen LogP contribution is -2.57. The topological polar surface area (TPSA) is 165 Å². The largest absolute Gasteiger partial charge is 0.465 e. The number of thiazole rings is 1. The van der Waals surface area contributed by atoms with Gasteiger partial charge in [0.15, 0.2) is 5.13 Å². The highest BCUT2D eigenvalue weighted by Gasteiger charge is 2.37. The highest BCUT2D eigenvalue weighted by Crippen LogP contribution is 2.40. The summed E-state index contributed by atoms with van der Waals surface area (Å²) in [6, 6.07) is 7.76. The van der Waals surface area contributed by atoms with Crippen LogP contribution in [0.15, 0.2) is 35.2 Å². The molecule has 3 aliphatic rings.